The van der Waals surface area contributed by atoms with Crippen molar-refractivity contribution in [1.82, 2.24) is 0 Å². The van der Waals surface area contributed by atoms with Crippen LogP contribution in [0.3, 0.4) is 0 Å². The number of nitrogens with two attached hydrogens (primary N) is 1. The number of hydrogen-bond donors (Lipinski definition) is 3. The highest BCUT2D eigenvalue weighted by molar-refractivity contribution is 5.85. The van der Waals surface area contributed by atoms with Gasteiger partial charge in [0.1, 0.15) is 36.6 Å². The number of carbonyl (C=O) groups excluding carboxylic acids is 3. The average molecular weight is 650 g/mol. The quantitative estimate of drug-likeness (QED) is 0.177. The van der Waals surface area contributed by atoms with E-state index in [2.05, 4.69) is 13.8 Å². The van der Waals surface area contributed by atoms with Gasteiger partial charge in [0.25, 0.3) is 0 Å². The van der Waals surface area contributed by atoms with E-state index in [1.54, 1.807) is 18.2 Å². The molecule has 5 fully saturated rings. The zero-order chi connectivity index (χ0) is 33.6. The zero-order valence-electron chi connectivity index (χ0n) is 27.8. The number of carboxylic acid groups (broad SMARTS) is 1. The topological polar surface area (TPSA) is 157 Å². The Morgan fingerprint density at radius 1 is 1.00 bits per heavy atom. The number of benzene rings is 1. The molecule has 0 aromatic heterocycles. The van der Waals surface area contributed by atoms with Crippen molar-refractivity contribution in [2.24, 2.45) is 46.2 Å². The monoisotopic (exact) mass is 649 g/mol. The van der Waals surface area contributed by atoms with Gasteiger partial charge in [-0.05, 0) is 134 Å². The van der Waals surface area contributed by atoms with Crippen LogP contribution in [-0.4, -0.2) is 58.6 Å². The normalized spacial score (nSPS) is 40.4. The number of aromatic hydroxyl groups is 1. The number of rotatable bonds is 9. The summed E-state index contributed by atoms with van der Waals surface area (Å²) in [6.45, 7) is 5.59. The first-order valence-corrected chi connectivity index (χ1v) is 17.6. The molecule has 9 heteroatoms. The van der Waals surface area contributed by atoms with E-state index >= 15 is 0 Å². The number of phenols is 1. The van der Waals surface area contributed by atoms with Crippen molar-refractivity contribution >= 4 is 24.5 Å². The van der Waals surface area contributed by atoms with Crippen LogP contribution in [0.15, 0.2) is 35.9 Å². The second-order valence-electron chi connectivity index (χ2n) is 15.8. The maximum Gasteiger partial charge on any atom is 0.331 e. The van der Waals surface area contributed by atoms with Gasteiger partial charge in [-0.1, -0.05) is 26.0 Å². The molecule has 1 spiro atoms. The van der Waals surface area contributed by atoms with E-state index in [0.29, 0.717) is 48.5 Å². The number of aliphatic carboxylic acids is 1. The van der Waals surface area contributed by atoms with Crippen LogP contribution in [0, 0.1) is 40.4 Å². The van der Waals surface area contributed by atoms with Gasteiger partial charge in [-0.3, -0.25) is 4.79 Å². The summed E-state index contributed by atoms with van der Waals surface area (Å²) < 4.78 is 11.7. The second kappa shape index (κ2) is 12.8. The molecule has 4 N–H and O–H groups in total. The molecule has 47 heavy (non-hydrogen) atoms. The summed E-state index contributed by atoms with van der Waals surface area (Å²) in [5.41, 5.74) is 7.47. The van der Waals surface area contributed by atoms with Crippen molar-refractivity contribution in [1.29, 1.82) is 0 Å². The summed E-state index contributed by atoms with van der Waals surface area (Å²) in [6.07, 6.45) is 16.5. The molecule has 1 unspecified atom stereocenters. The van der Waals surface area contributed by atoms with Crippen LogP contribution in [0.4, 0.5) is 0 Å². The predicted molar refractivity (Wildman–Crippen MR) is 174 cm³/mol. The highest BCUT2D eigenvalue weighted by atomic mass is 16.6. The van der Waals surface area contributed by atoms with Gasteiger partial charge < -0.3 is 35.0 Å². The predicted octanol–water partition coefficient (Wildman–Crippen LogP) is 5.55. The van der Waals surface area contributed by atoms with E-state index in [0.717, 1.165) is 48.7 Å². The summed E-state index contributed by atoms with van der Waals surface area (Å²) >= 11 is 0. The number of ether oxygens (including phenoxy) is 2. The van der Waals surface area contributed by atoms with Crippen LogP contribution in [0.2, 0.25) is 0 Å². The SMILES string of the molecule is C[C@]12CC[C@@]3(C[C@H]1CC[C@@H]1[C@@H]2CC[C@]2(C)[C@@H](C4=CC(=O)OC4)CC[C@@H]12)OC3(CC=O)CCC=O.N[C@@H](Cc1ccc(O)cc1)C(=O)O. The third-order valence-corrected chi connectivity index (χ3v) is 13.8. The fourth-order valence-electron chi connectivity index (χ4n) is 11.3. The first-order valence-electron chi connectivity index (χ1n) is 17.6. The lowest BCUT2D eigenvalue weighted by Gasteiger charge is -2.61. The van der Waals surface area contributed by atoms with Crippen LogP contribution in [0.1, 0.15) is 96.5 Å². The van der Waals surface area contributed by atoms with E-state index in [4.69, 9.17) is 25.4 Å². The molecule has 2 heterocycles. The number of aldehydes is 2. The van der Waals surface area contributed by atoms with Gasteiger partial charge in [0.15, 0.2) is 0 Å². The Morgan fingerprint density at radius 2 is 1.74 bits per heavy atom. The largest absolute Gasteiger partial charge is 0.508 e. The smallest absolute Gasteiger partial charge is 0.331 e. The summed E-state index contributed by atoms with van der Waals surface area (Å²) in [4.78, 5) is 44.7. The lowest BCUT2D eigenvalue weighted by Crippen LogP contribution is -2.55. The lowest BCUT2D eigenvalue weighted by atomic mass is 9.43. The molecule has 1 aromatic rings. The Balaban J connectivity index is 0.000000251. The zero-order valence-corrected chi connectivity index (χ0v) is 27.8. The molecule has 256 valence electrons. The number of fused-ring (bicyclic) bond motifs is 5. The summed E-state index contributed by atoms with van der Waals surface area (Å²) in [7, 11) is 0. The number of carbonyl (C=O) groups is 4. The average Bonchev–Trinajstić information content (AvgIpc) is 3.27. The number of esters is 1. The molecule has 4 aliphatic carbocycles. The molecule has 2 aliphatic heterocycles. The Bertz CT molecular complexity index is 1410. The molecular weight excluding hydrogens is 598 g/mol. The van der Waals surface area contributed by atoms with Gasteiger partial charge in [-0.15, -0.1) is 0 Å². The van der Waals surface area contributed by atoms with Crippen molar-refractivity contribution in [3.05, 3.63) is 41.5 Å². The minimum atomic E-state index is -1.02. The maximum atomic E-state index is 11.8. The highest BCUT2D eigenvalue weighted by Gasteiger charge is 2.72. The molecule has 4 saturated carbocycles. The van der Waals surface area contributed by atoms with Crippen molar-refractivity contribution in [2.75, 3.05) is 6.61 Å². The summed E-state index contributed by atoms with van der Waals surface area (Å²) in [6, 6.07) is 5.42. The third kappa shape index (κ3) is 5.96. The Hall–Kier alpha value is -3.04. The standard InChI is InChI=1S/C29H40O5.C9H11NO3/c1-26-11-12-29(28(34-29,13-15-31)9-3-14-30)17-20(26)4-5-21-23-7-6-22(19-16-25(32)33-18-19)27(23,2)10-8-24(21)26;10-8(9(12)13)5-6-1-3-7(11)4-2-6/h14-16,20-24H,3-13,17-18H2,1-2H3;1-4,8,11H,5,10H2,(H,12,13)/t20-,21+,22-,23+,24+,26+,27-,28?,29+;8-/m10/s1. The molecular formula is C38H51NO8. The van der Waals surface area contributed by atoms with Crippen molar-refractivity contribution in [3.63, 3.8) is 0 Å². The minimum absolute atomic E-state index is 0.152. The highest BCUT2D eigenvalue weighted by Crippen LogP contribution is 2.72. The number of phenolic OH excluding ortho intramolecular Hbond substituents is 1. The Morgan fingerprint density at radius 3 is 2.40 bits per heavy atom. The molecule has 6 aliphatic rings. The number of hydrogen-bond acceptors (Lipinski definition) is 8. The third-order valence-electron chi connectivity index (χ3n) is 13.8. The van der Waals surface area contributed by atoms with Gasteiger partial charge in [0, 0.05) is 18.9 Å². The fraction of sp³-hybridized carbons (Fsp3) is 0.684. The Kier molecular flexibility index (Phi) is 9.20. The van der Waals surface area contributed by atoms with Gasteiger partial charge >= 0.3 is 11.9 Å². The van der Waals surface area contributed by atoms with Crippen molar-refractivity contribution < 1.29 is 38.9 Å². The number of cyclic esters (lactones) is 1. The first-order chi connectivity index (χ1) is 22.4. The van der Waals surface area contributed by atoms with Crippen LogP contribution < -0.4 is 5.73 Å². The molecule has 10 atom stereocenters. The van der Waals surface area contributed by atoms with E-state index < -0.39 is 12.0 Å². The van der Waals surface area contributed by atoms with E-state index in [1.165, 1.54) is 62.7 Å². The van der Waals surface area contributed by atoms with Gasteiger partial charge in [-0.25, -0.2) is 4.79 Å². The molecule has 0 amide bonds. The molecule has 9 nitrogen and oxygen atoms in total. The Labute approximate surface area is 277 Å². The van der Waals surface area contributed by atoms with Gasteiger partial charge in [0.05, 0.1) is 5.60 Å². The molecule has 0 radical (unpaired) electrons. The van der Waals surface area contributed by atoms with Gasteiger partial charge in [-0.2, -0.15) is 0 Å². The van der Waals surface area contributed by atoms with E-state index in [1.807, 2.05) is 0 Å². The number of carboxylic acids is 1. The van der Waals surface area contributed by atoms with Crippen LogP contribution in [0.5, 0.6) is 5.75 Å². The summed E-state index contributed by atoms with van der Waals surface area (Å²) in [5.74, 6) is 2.45. The molecule has 1 aromatic carbocycles. The van der Waals surface area contributed by atoms with Crippen molar-refractivity contribution in [2.45, 2.75) is 115 Å². The maximum absolute atomic E-state index is 11.8. The summed E-state index contributed by atoms with van der Waals surface area (Å²) in [5, 5.41) is 17.5. The van der Waals surface area contributed by atoms with E-state index in [-0.39, 0.29) is 29.3 Å². The van der Waals surface area contributed by atoms with Crippen LogP contribution in [-0.2, 0) is 35.1 Å². The molecule has 0 bridgehead atoms. The fourth-order valence-corrected chi connectivity index (χ4v) is 11.3. The van der Waals surface area contributed by atoms with Crippen molar-refractivity contribution in [3.8, 4) is 5.75 Å². The second-order valence-corrected chi connectivity index (χ2v) is 15.8. The van der Waals surface area contributed by atoms with Gasteiger partial charge in [0.2, 0.25) is 0 Å². The van der Waals surface area contributed by atoms with Crippen LogP contribution in [0.25, 0.3) is 0 Å². The van der Waals surface area contributed by atoms with Crippen LogP contribution >= 0.6 is 0 Å². The molecule has 1 saturated heterocycles. The molecule has 7 rings (SSSR count). The minimum Gasteiger partial charge on any atom is -0.508 e. The first kappa shape index (κ1) is 33.8. The number of epoxide rings is 1. The lowest BCUT2D eigenvalue weighted by molar-refractivity contribution is -0.138. The van der Waals surface area contributed by atoms with E-state index in [9.17, 15) is 19.2 Å².